The quantitative estimate of drug-likeness (QED) is 0.370. The first kappa shape index (κ1) is 22.9. The molecule has 1 atom stereocenters. The fourth-order valence-corrected chi connectivity index (χ4v) is 4.00. The highest BCUT2D eigenvalue weighted by Gasteiger charge is 2.35. The fourth-order valence-electron chi connectivity index (χ4n) is 4.00. The number of nitriles is 1. The minimum absolute atomic E-state index is 0.0272. The number of halogens is 4. The molecule has 13 heteroatoms. The number of rotatable bonds is 4. The maximum Gasteiger partial charge on any atom is 0.451 e. The lowest BCUT2D eigenvalue weighted by Crippen LogP contribution is -2.11. The van der Waals surface area contributed by atoms with E-state index in [1.54, 1.807) is 35.9 Å². The normalized spacial score (nSPS) is 12.6. The second-order valence-corrected chi connectivity index (χ2v) is 7.80. The molecular formula is C23H15F4N9. The molecule has 36 heavy (non-hydrogen) atoms. The highest BCUT2D eigenvalue weighted by molar-refractivity contribution is 6.03. The molecule has 180 valence electrons. The molecule has 0 saturated carbocycles. The largest absolute Gasteiger partial charge is 0.451 e. The molecule has 1 aromatic carbocycles. The third kappa shape index (κ3) is 3.68. The van der Waals surface area contributed by atoms with Gasteiger partial charge in [0.2, 0.25) is 5.82 Å². The molecule has 0 spiro atoms. The van der Waals surface area contributed by atoms with Crippen LogP contribution in [0.4, 0.5) is 23.4 Å². The van der Waals surface area contributed by atoms with Crippen molar-refractivity contribution in [2.75, 3.05) is 5.73 Å². The summed E-state index contributed by atoms with van der Waals surface area (Å²) in [5, 5.41) is 14.6. The Morgan fingerprint density at radius 1 is 1.06 bits per heavy atom. The van der Waals surface area contributed by atoms with Gasteiger partial charge in [0, 0.05) is 35.3 Å². The average Bonchev–Trinajstić information content (AvgIpc) is 3.47. The van der Waals surface area contributed by atoms with Crippen LogP contribution in [-0.4, -0.2) is 34.3 Å². The van der Waals surface area contributed by atoms with Gasteiger partial charge in [-0.3, -0.25) is 0 Å². The van der Waals surface area contributed by atoms with Crippen molar-refractivity contribution in [2.24, 2.45) is 0 Å². The van der Waals surface area contributed by atoms with E-state index in [-0.39, 0.29) is 39.4 Å². The maximum atomic E-state index is 14.3. The number of aromatic nitrogens is 7. The topological polar surface area (TPSA) is 124 Å². The van der Waals surface area contributed by atoms with E-state index < -0.39 is 23.9 Å². The van der Waals surface area contributed by atoms with Gasteiger partial charge in [-0.25, -0.2) is 29.0 Å². The molecule has 0 aliphatic rings. The zero-order chi connectivity index (χ0) is 25.6. The summed E-state index contributed by atoms with van der Waals surface area (Å²) >= 11 is 0. The molecule has 4 aromatic heterocycles. The first-order chi connectivity index (χ1) is 17.2. The predicted octanol–water partition coefficient (Wildman–Crippen LogP) is 4.30. The summed E-state index contributed by atoms with van der Waals surface area (Å²) in [6.07, 6.45) is 1.58. The van der Waals surface area contributed by atoms with Crippen molar-refractivity contribution >= 4 is 16.9 Å². The lowest BCUT2D eigenvalue weighted by atomic mass is 10.1. The van der Waals surface area contributed by atoms with E-state index in [0.717, 1.165) is 12.4 Å². The maximum absolute atomic E-state index is 14.3. The summed E-state index contributed by atoms with van der Waals surface area (Å²) in [6, 6.07) is 7.66. The van der Waals surface area contributed by atoms with Gasteiger partial charge in [0.1, 0.15) is 41.1 Å². The van der Waals surface area contributed by atoms with Crippen molar-refractivity contribution in [2.45, 2.75) is 19.1 Å². The Kier molecular flexibility index (Phi) is 5.36. The second kappa shape index (κ2) is 8.42. The number of anilines is 1. The summed E-state index contributed by atoms with van der Waals surface area (Å²) in [4.78, 5) is 15.1. The Hall–Kier alpha value is -4.86. The van der Waals surface area contributed by atoms with E-state index in [0.29, 0.717) is 5.56 Å². The SMILES string of the molecule is CC(c1cnn(-c2ccccc2F)c1)n1c(C#N)c(-c2cnc(C(F)(F)F)nc2)c2c(N)ncnc21. The van der Waals surface area contributed by atoms with E-state index in [1.165, 1.54) is 23.3 Å². The smallest absolute Gasteiger partial charge is 0.383 e. The van der Waals surface area contributed by atoms with Crippen LogP contribution in [0.2, 0.25) is 0 Å². The third-order valence-electron chi connectivity index (χ3n) is 5.68. The van der Waals surface area contributed by atoms with Gasteiger partial charge in [0.05, 0.1) is 17.6 Å². The molecule has 0 aliphatic heterocycles. The lowest BCUT2D eigenvalue weighted by Gasteiger charge is -2.14. The molecule has 0 bridgehead atoms. The Morgan fingerprint density at radius 2 is 1.78 bits per heavy atom. The van der Waals surface area contributed by atoms with Crippen molar-refractivity contribution in [3.05, 3.63) is 78.3 Å². The van der Waals surface area contributed by atoms with Gasteiger partial charge in [-0.15, -0.1) is 0 Å². The second-order valence-electron chi connectivity index (χ2n) is 7.80. The van der Waals surface area contributed by atoms with E-state index in [9.17, 15) is 22.8 Å². The molecule has 0 amide bonds. The van der Waals surface area contributed by atoms with Crippen LogP contribution in [0, 0.1) is 17.1 Å². The monoisotopic (exact) mass is 493 g/mol. The van der Waals surface area contributed by atoms with Crippen molar-refractivity contribution in [1.29, 1.82) is 5.26 Å². The summed E-state index contributed by atoms with van der Waals surface area (Å²) in [7, 11) is 0. The van der Waals surface area contributed by atoms with Crippen molar-refractivity contribution in [3.8, 4) is 22.9 Å². The summed E-state index contributed by atoms with van der Waals surface area (Å²) in [5.74, 6) is -1.75. The van der Waals surface area contributed by atoms with Crippen molar-refractivity contribution in [1.82, 2.24) is 34.3 Å². The lowest BCUT2D eigenvalue weighted by molar-refractivity contribution is -0.144. The molecule has 0 saturated heterocycles. The molecule has 1 unspecified atom stereocenters. The summed E-state index contributed by atoms with van der Waals surface area (Å²) in [6.45, 7) is 1.77. The van der Waals surface area contributed by atoms with Crippen LogP contribution in [-0.2, 0) is 6.18 Å². The number of nitrogen functional groups attached to an aromatic ring is 1. The third-order valence-corrected chi connectivity index (χ3v) is 5.68. The highest BCUT2D eigenvalue weighted by atomic mass is 19.4. The van der Waals surface area contributed by atoms with E-state index in [1.807, 2.05) is 0 Å². The summed E-state index contributed by atoms with van der Waals surface area (Å²) < 4.78 is 56.1. The van der Waals surface area contributed by atoms with Crippen LogP contribution in [0.1, 0.15) is 30.0 Å². The Bertz CT molecular complexity index is 1630. The molecule has 9 nitrogen and oxygen atoms in total. The number of benzene rings is 1. The van der Waals surface area contributed by atoms with Crippen molar-refractivity contribution < 1.29 is 17.6 Å². The number of nitrogens with two attached hydrogens (primary N) is 1. The molecule has 0 aliphatic carbocycles. The number of para-hydroxylation sites is 1. The molecule has 0 fully saturated rings. The van der Waals surface area contributed by atoms with Crippen LogP contribution in [0.5, 0.6) is 0 Å². The highest BCUT2D eigenvalue weighted by Crippen LogP contribution is 2.39. The number of hydrogen-bond acceptors (Lipinski definition) is 7. The Balaban J connectivity index is 1.68. The van der Waals surface area contributed by atoms with Crippen LogP contribution in [0.3, 0.4) is 0 Å². The zero-order valence-electron chi connectivity index (χ0n) is 18.4. The average molecular weight is 493 g/mol. The Morgan fingerprint density at radius 3 is 2.44 bits per heavy atom. The molecule has 2 N–H and O–H groups in total. The minimum atomic E-state index is -4.72. The van der Waals surface area contributed by atoms with Gasteiger partial charge in [-0.2, -0.15) is 23.5 Å². The first-order valence-corrected chi connectivity index (χ1v) is 10.4. The van der Waals surface area contributed by atoms with Crippen LogP contribution in [0.15, 0.2) is 55.4 Å². The van der Waals surface area contributed by atoms with E-state index in [4.69, 9.17) is 5.73 Å². The van der Waals surface area contributed by atoms with Gasteiger partial charge < -0.3 is 10.3 Å². The zero-order valence-corrected chi connectivity index (χ0v) is 18.4. The number of alkyl halides is 3. The summed E-state index contributed by atoms with van der Waals surface area (Å²) in [5.41, 5.74) is 7.64. The van der Waals surface area contributed by atoms with Gasteiger partial charge in [0.25, 0.3) is 0 Å². The first-order valence-electron chi connectivity index (χ1n) is 10.4. The number of nitrogens with zero attached hydrogens (tertiary/aromatic N) is 8. The van der Waals surface area contributed by atoms with Gasteiger partial charge >= 0.3 is 6.18 Å². The van der Waals surface area contributed by atoms with E-state index in [2.05, 4.69) is 31.1 Å². The molecular weight excluding hydrogens is 478 g/mol. The van der Waals surface area contributed by atoms with Crippen LogP contribution in [0.25, 0.3) is 27.8 Å². The van der Waals surface area contributed by atoms with Crippen LogP contribution >= 0.6 is 0 Å². The standard InChI is InChI=1S/C23H15F4N9/c1-12(14-9-34-35(10-14)16-5-3-2-4-15(16)24)36-17(6-28)18(19-20(29)32-11-33-21(19)36)13-7-30-22(31-8-13)23(25,26)27/h2-5,7-12H,1H3,(H2,29,32,33). The molecule has 5 rings (SSSR count). The Labute approximate surface area is 200 Å². The number of hydrogen-bond donors (Lipinski definition) is 1. The van der Waals surface area contributed by atoms with Gasteiger partial charge in [-0.1, -0.05) is 12.1 Å². The van der Waals surface area contributed by atoms with Gasteiger partial charge in [-0.05, 0) is 19.1 Å². The fraction of sp³-hybridized carbons (Fsp3) is 0.130. The van der Waals surface area contributed by atoms with E-state index >= 15 is 0 Å². The molecule has 4 heterocycles. The van der Waals surface area contributed by atoms with Crippen LogP contribution < -0.4 is 5.73 Å². The molecule has 0 radical (unpaired) electrons. The molecule has 5 aromatic rings. The number of fused-ring (bicyclic) bond motifs is 1. The van der Waals surface area contributed by atoms with Crippen molar-refractivity contribution in [3.63, 3.8) is 0 Å². The minimum Gasteiger partial charge on any atom is -0.383 e. The predicted molar refractivity (Wildman–Crippen MR) is 120 cm³/mol. The van der Waals surface area contributed by atoms with Gasteiger partial charge in [0.15, 0.2) is 0 Å².